The van der Waals surface area contributed by atoms with Crippen molar-refractivity contribution in [2.45, 2.75) is 309 Å². The summed E-state index contributed by atoms with van der Waals surface area (Å²) in [7, 11) is 0. The average molecular weight is 790 g/mol. The molecule has 0 aromatic heterocycles. The highest BCUT2D eigenvalue weighted by atomic mass is 16.3. The molecule has 0 heterocycles. The highest BCUT2D eigenvalue weighted by Gasteiger charge is 2.18. The summed E-state index contributed by atoms with van der Waals surface area (Å²) in [5.74, 6) is -0.0577. The Balaban J connectivity index is 3.41. The van der Waals surface area contributed by atoms with Crippen LogP contribution in [0.15, 0.2) is 12.2 Å². The van der Waals surface area contributed by atoms with Gasteiger partial charge in [0.1, 0.15) is 0 Å². The molecule has 0 fully saturated rings. The van der Waals surface area contributed by atoms with Crippen molar-refractivity contribution in [3.05, 3.63) is 12.2 Å². The lowest BCUT2D eigenvalue weighted by molar-refractivity contribution is -0.123. The van der Waals surface area contributed by atoms with Crippen molar-refractivity contribution in [3.63, 3.8) is 0 Å². The maximum Gasteiger partial charge on any atom is 0.220 e. The van der Waals surface area contributed by atoms with E-state index in [9.17, 15) is 15.0 Å². The van der Waals surface area contributed by atoms with Crippen LogP contribution in [-0.2, 0) is 4.79 Å². The molecule has 4 heteroatoms. The Morgan fingerprint density at radius 3 is 0.929 bits per heavy atom. The highest BCUT2D eigenvalue weighted by molar-refractivity contribution is 5.76. The third kappa shape index (κ3) is 44.2. The maximum absolute atomic E-state index is 12.4. The van der Waals surface area contributed by atoms with Gasteiger partial charge in [0.25, 0.3) is 0 Å². The molecule has 0 aromatic carbocycles. The van der Waals surface area contributed by atoms with Gasteiger partial charge in [0, 0.05) is 6.42 Å². The predicted molar refractivity (Wildman–Crippen MR) is 249 cm³/mol. The van der Waals surface area contributed by atoms with Crippen LogP contribution in [0.2, 0.25) is 0 Å². The van der Waals surface area contributed by atoms with E-state index in [1.807, 2.05) is 6.08 Å². The molecule has 0 unspecified atom stereocenters. The number of unbranched alkanes of at least 4 members (excludes halogenated alkanes) is 41. The molecule has 0 bridgehead atoms. The van der Waals surface area contributed by atoms with E-state index in [-0.39, 0.29) is 12.5 Å². The van der Waals surface area contributed by atoms with E-state index < -0.39 is 12.1 Å². The van der Waals surface area contributed by atoms with Gasteiger partial charge in [-0.15, -0.1) is 0 Å². The number of carbonyl (C=O) groups excluding carboxylic acids is 1. The molecule has 0 spiro atoms. The van der Waals surface area contributed by atoms with Crippen molar-refractivity contribution in [2.24, 2.45) is 0 Å². The lowest BCUT2D eigenvalue weighted by Gasteiger charge is -2.20. The SMILES string of the molecule is CCCCCCCCCCCCCC/C=C/[C@@H](O)[C@H](CO)NC(=O)CCCCCCCCCCCCCCCCCCCCCCCCCCCCCCCC. The molecule has 334 valence electrons. The van der Waals surface area contributed by atoms with Crippen LogP contribution in [0.5, 0.6) is 0 Å². The summed E-state index contributed by atoms with van der Waals surface area (Å²) in [6.45, 7) is 4.34. The van der Waals surface area contributed by atoms with Gasteiger partial charge in [-0.2, -0.15) is 0 Å². The topological polar surface area (TPSA) is 69.6 Å². The van der Waals surface area contributed by atoms with Crippen LogP contribution >= 0.6 is 0 Å². The van der Waals surface area contributed by atoms with Gasteiger partial charge in [-0.3, -0.25) is 4.79 Å². The molecule has 2 atom stereocenters. The van der Waals surface area contributed by atoms with Crippen LogP contribution in [0.3, 0.4) is 0 Å². The number of hydrogen-bond donors (Lipinski definition) is 3. The number of allylic oxidation sites excluding steroid dienone is 1. The maximum atomic E-state index is 12.4. The zero-order valence-corrected chi connectivity index (χ0v) is 38.4. The molecule has 0 saturated heterocycles. The van der Waals surface area contributed by atoms with Crippen molar-refractivity contribution >= 4 is 5.91 Å². The molecule has 0 rings (SSSR count). The molecular weight excluding hydrogens is 687 g/mol. The first-order valence-electron chi connectivity index (χ1n) is 25.9. The third-order valence-corrected chi connectivity index (χ3v) is 12.3. The van der Waals surface area contributed by atoms with Crippen molar-refractivity contribution in [1.82, 2.24) is 5.32 Å². The Kier molecular flexibility index (Phi) is 47.7. The van der Waals surface area contributed by atoms with Gasteiger partial charge < -0.3 is 15.5 Å². The Hall–Kier alpha value is -0.870. The van der Waals surface area contributed by atoms with Gasteiger partial charge in [-0.1, -0.05) is 283 Å². The predicted octanol–water partition coefficient (Wildman–Crippen LogP) is 16.6. The summed E-state index contributed by atoms with van der Waals surface area (Å²) in [5, 5.41) is 23.1. The first-order valence-corrected chi connectivity index (χ1v) is 25.9. The van der Waals surface area contributed by atoms with Gasteiger partial charge in [-0.05, 0) is 19.3 Å². The Morgan fingerprint density at radius 1 is 0.411 bits per heavy atom. The van der Waals surface area contributed by atoms with Gasteiger partial charge in [0.2, 0.25) is 5.91 Å². The Morgan fingerprint density at radius 2 is 0.661 bits per heavy atom. The molecule has 56 heavy (non-hydrogen) atoms. The number of nitrogens with one attached hydrogen (secondary N) is 1. The molecule has 3 N–H and O–H groups in total. The first-order chi connectivity index (χ1) is 27.7. The van der Waals surface area contributed by atoms with Crippen LogP contribution in [0, 0.1) is 0 Å². The van der Waals surface area contributed by atoms with Crippen molar-refractivity contribution in [1.29, 1.82) is 0 Å². The van der Waals surface area contributed by atoms with Crippen LogP contribution < -0.4 is 5.32 Å². The van der Waals surface area contributed by atoms with E-state index in [2.05, 4.69) is 19.2 Å². The molecule has 0 aliphatic carbocycles. The summed E-state index contributed by atoms with van der Waals surface area (Å²) < 4.78 is 0. The molecule has 0 saturated carbocycles. The zero-order chi connectivity index (χ0) is 40.7. The van der Waals surface area contributed by atoms with Gasteiger partial charge >= 0.3 is 0 Å². The number of aliphatic hydroxyl groups excluding tert-OH is 2. The summed E-state index contributed by atoms with van der Waals surface area (Å²) in [4.78, 5) is 12.4. The van der Waals surface area contributed by atoms with Crippen LogP contribution in [-0.4, -0.2) is 34.9 Å². The van der Waals surface area contributed by atoms with E-state index in [0.717, 1.165) is 25.7 Å². The molecule has 0 aliphatic heterocycles. The average Bonchev–Trinajstić information content (AvgIpc) is 3.20. The monoisotopic (exact) mass is 790 g/mol. The third-order valence-electron chi connectivity index (χ3n) is 12.3. The molecule has 4 nitrogen and oxygen atoms in total. The van der Waals surface area contributed by atoms with Crippen LogP contribution in [0.1, 0.15) is 296 Å². The lowest BCUT2D eigenvalue weighted by Crippen LogP contribution is -2.45. The molecule has 0 aromatic rings. The minimum atomic E-state index is -0.834. The fraction of sp³-hybridized carbons (Fsp3) is 0.942. The summed E-state index contributed by atoms with van der Waals surface area (Å²) >= 11 is 0. The Bertz CT molecular complexity index is 769. The zero-order valence-electron chi connectivity index (χ0n) is 38.4. The van der Waals surface area contributed by atoms with Crippen LogP contribution in [0.4, 0.5) is 0 Å². The van der Waals surface area contributed by atoms with E-state index in [1.165, 1.54) is 250 Å². The van der Waals surface area contributed by atoms with Crippen molar-refractivity contribution < 1.29 is 15.0 Å². The number of carbonyl (C=O) groups is 1. The normalized spacial score (nSPS) is 12.9. The smallest absolute Gasteiger partial charge is 0.220 e. The standard InChI is InChI=1S/C52H103NO3/c1-3-5-7-9-11-13-15-17-19-20-21-22-23-24-25-26-27-28-29-30-31-32-33-34-36-38-40-42-44-46-48-52(56)53-50(49-54)51(55)47-45-43-41-39-37-35-18-16-14-12-10-8-6-4-2/h45,47,50-51,54-55H,3-44,46,48-49H2,1-2H3,(H,53,56)/b47-45+/t50-,51+/m0/s1. The van der Waals surface area contributed by atoms with E-state index >= 15 is 0 Å². The molecule has 0 aliphatic rings. The fourth-order valence-electron chi connectivity index (χ4n) is 8.30. The number of amides is 1. The fourth-order valence-corrected chi connectivity index (χ4v) is 8.30. The summed E-state index contributed by atoms with van der Waals surface area (Å²) in [6, 6.07) is -0.616. The lowest BCUT2D eigenvalue weighted by atomic mass is 10.0. The molecule has 1 amide bonds. The van der Waals surface area contributed by atoms with Gasteiger partial charge in [0.05, 0.1) is 18.8 Å². The largest absolute Gasteiger partial charge is 0.394 e. The van der Waals surface area contributed by atoms with Crippen molar-refractivity contribution in [3.8, 4) is 0 Å². The number of rotatable bonds is 48. The van der Waals surface area contributed by atoms with Crippen LogP contribution in [0.25, 0.3) is 0 Å². The second-order valence-corrected chi connectivity index (χ2v) is 18.0. The molecular formula is C52H103NO3. The summed E-state index contributed by atoms with van der Waals surface area (Å²) in [6.07, 6.45) is 62.2. The first kappa shape index (κ1) is 55.1. The number of hydrogen-bond acceptors (Lipinski definition) is 3. The quantitative estimate of drug-likeness (QED) is 0.0425. The minimum Gasteiger partial charge on any atom is -0.394 e. The van der Waals surface area contributed by atoms with Gasteiger partial charge in [-0.25, -0.2) is 0 Å². The van der Waals surface area contributed by atoms with E-state index in [0.29, 0.717) is 6.42 Å². The number of aliphatic hydroxyl groups is 2. The second-order valence-electron chi connectivity index (χ2n) is 18.0. The Labute approximate surface area is 352 Å². The molecule has 0 radical (unpaired) electrons. The minimum absolute atomic E-state index is 0.0577. The van der Waals surface area contributed by atoms with E-state index in [1.54, 1.807) is 6.08 Å². The second kappa shape index (κ2) is 48.5. The van der Waals surface area contributed by atoms with Crippen molar-refractivity contribution in [2.75, 3.05) is 6.61 Å². The highest BCUT2D eigenvalue weighted by Crippen LogP contribution is 2.17. The summed E-state index contributed by atoms with van der Waals surface area (Å²) in [5.41, 5.74) is 0. The van der Waals surface area contributed by atoms with Gasteiger partial charge in [0.15, 0.2) is 0 Å². The van der Waals surface area contributed by atoms with E-state index in [4.69, 9.17) is 0 Å².